The zero-order chi connectivity index (χ0) is 29.5. The number of benzene rings is 1. The summed E-state index contributed by atoms with van der Waals surface area (Å²) in [7, 11) is 0. The third kappa shape index (κ3) is 7.39. The van der Waals surface area contributed by atoms with Crippen molar-refractivity contribution in [2.75, 3.05) is 19.6 Å². The van der Waals surface area contributed by atoms with Gasteiger partial charge in [-0.15, -0.1) is 0 Å². The van der Waals surface area contributed by atoms with Gasteiger partial charge >= 0.3 is 0 Å². The highest BCUT2D eigenvalue weighted by Gasteiger charge is 2.58. The van der Waals surface area contributed by atoms with E-state index in [2.05, 4.69) is 46.4 Å². The van der Waals surface area contributed by atoms with Gasteiger partial charge in [0, 0.05) is 30.7 Å². The summed E-state index contributed by atoms with van der Waals surface area (Å²) in [6.07, 6.45) is 13.4. The van der Waals surface area contributed by atoms with E-state index in [4.69, 9.17) is 4.98 Å². The number of carbonyl (C=O) groups excluding carboxylic acids is 3. The standard InChI is InChI=1S/C35H50N4O3/c1-3-27(40)16-9-7-10-17-29(36-34(42)28-24-35(28)19-21-39(4-2)22-20-35)31-32-30(41)18-11-6-5-8-13-25-14-12-15-26(23-25)33(37-31)38-32/h12,14-15,23,28-29H,3-11,13,16-22,24H2,1-2H3,(H,36,42)(H,37,38)/t28-,29+/m1/s1. The smallest absolute Gasteiger partial charge is 0.224 e. The lowest BCUT2D eigenvalue weighted by Gasteiger charge is -2.32. The molecule has 1 saturated heterocycles. The van der Waals surface area contributed by atoms with E-state index in [1.807, 2.05) is 6.92 Å². The summed E-state index contributed by atoms with van der Waals surface area (Å²) in [4.78, 5) is 50.1. The quantitative estimate of drug-likeness (QED) is 0.283. The molecule has 4 bridgehead atoms. The zero-order valence-electron chi connectivity index (χ0n) is 25.8. The minimum atomic E-state index is -0.302. The number of rotatable bonds is 11. The maximum Gasteiger partial charge on any atom is 0.224 e. The number of aromatic nitrogens is 2. The van der Waals surface area contributed by atoms with Crippen LogP contribution in [0.15, 0.2) is 24.3 Å². The Bertz CT molecular complexity index is 1240. The first-order valence-electron chi connectivity index (χ1n) is 16.7. The summed E-state index contributed by atoms with van der Waals surface area (Å²) in [5, 5.41) is 3.41. The number of unbranched alkanes of at least 4 members (excludes halogenated alkanes) is 2. The summed E-state index contributed by atoms with van der Waals surface area (Å²) in [5.74, 6) is 1.24. The molecule has 3 aliphatic rings. The summed E-state index contributed by atoms with van der Waals surface area (Å²) in [6, 6.07) is 8.17. The zero-order valence-corrected chi connectivity index (χ0v) is 25.8. The first kappa shape index (κ1) is 30.7. The number of nitrogens with one attached hydrogen (secondary N) is 2. The second kappa shape index (κ2) is 14.1. The molecule has 1 amide bonds. The summed E-state index contributed by atoms with van der Waals surface area (Å²) >= 11 is 0. The monoisotopic (exact) mass is 574 g/mol. The molecular formula is C35H50N4O3. The van der Waals surface area contributed by atoms with Crippen molar-refractivity contribution in [3.63, 3.8) is 0 Å². The lowest BCUT2D eigenvalue weighted by Crippen LogP contribution is -2.37. The fourth-order valence-electron chi connectivity index (χ4n) is 7.12. The maximum atomic E-state index is 13.8. The predicted octanol–water partition coefficient (Wildman–Crippen LogP) is 6.97. The number of fused-ring (bicyclic) bond motifs is 5. The molecule has 1 aliphatic carbocycles. The third-order valence-electron chi connectivity index (χ3n) is 10.1. The maximum absolute atomic E-state index is 13.8. The van der Waals surface area contributed by atoms with E-state index in [9.17, 15) is 14.4 Å². The van der Waals surface area contributed by atoms with E-state index in [1.165, 1.54) is 5.56 Å². The Labute approximate surface area is 251 Å². The number of ketones is 2. The Morgan fingerprint density at radius 3 is 2.62 bits per heavy atom. The third-order valence-corrected chi connectivity index (χ3v) is 10.1. The van der Waals surface area contributed by atoms with Crippen LogP contribution in [-0.4, -0.2) is 52.0 Å². The van der Waals surface area contributed by atoms with E-state index in [0.717, 1.165) is 108 Å². The van der Waals surface area contributed by atoms with Crippen LogP contribution < -0.4 is 5.32 Å². The number of piperidine rings is 1. The number of likely N-dealkylation sites (tertiary alicyclic amines) is 1. The van der Waals surface area contributed by atoms with Gasteiger partial charge in [0.25, 0.3) is 0 Å². The van der Waals surface area contributed by atoms with Crippen molar-refractivity contribution in [2.24, 2.45) is 11.3 Å². The van der Waals surface area contributed by atoms with Crippen molar-refractivity contribution in [2.45, 2.75) is 116 Å². The van der Waals surface area contributed by atoms with Crippen LogP contribution in [0.25, 0.3) is 11.4 Å². The fourth-order valence-corrected chi connectivity index (χ4v) is 7.12. The van der Waals surface area contributed by atoms with Crippen LogP contribution in [0.1, 0.15) is 132 Å². The highest BCUT2D eigenvalue weighted by molar-refractivity contribution is 5.96. The molecule has 1 aromatic carbocycles. The van der Waals surface area contributed by atoms with Gasteiger partial charge in [-0.1, -0.05) is 57.7 Å². The van der Waals surface area contributed by atoms with Crippen molar-refractivity contribution in [3.8, 4) is 11.4 Å². The number of aryl methyl sites for hydroxylation is 1. The van der Waals surface area contributed by atoms with Crippen LogP contribution in [0.4, 0.5) is 0 Å². The van der Waals surface area contributed by atoms with Crippen molar-refractivity contribution in [1.82, 2.24) is 20.2 Å². The molecule has 0 radical (unpaired) electrons. The normalized spacial score (nSPS) is 21.2. The van der Waals surface area contributed by atoms with E-state index in [-0.39, 0.29) is 29.1 Å². The molecule has 2 atom stereocenters. The molecule has 7 heteroatoms. The molecule has 228 valence electrons. The number of H-pyrrole nitrogens is 1. The first-order chi connectivity index (χ1) is 20.4. The average molecular weight is 575 g/mol. The fraction of sp³-hybridized carbons (Fsp3) is 0.657. The van der Waals surface area contributed by atoms with Crippen LogP contribution in [-0.2, 0) is 16.0 Å². The molecule has 0 unspecified atom stereocenters. The summed E-state index contributed by atoms with van der Waals surface area (Å²) in [6.45, 7) is 7.33. The van der Waals surface area contributed by atoms with E-state index >= 15 is 0 Å². The molecule has 1 aromatic heterocycles. The molecule has 7 nitrogen and oxygen atoms in total. The number of amides is 1. The topological polar surface area (TPSA) is 95.2 Å². The van der Waals surface area contributed by atoms with Gasteiger partial charge in [0.2, 0.25) is 5.91 Å². The van der Waals surface area contributed by atoms with Gasteiger partial charge in [-0.3, -0.25) is 14.4 Å². The molecule has 2 N–H and O–H groups in total. The largest absolute Gasteiger partial charge is 0.347 e. The minimum Gasteiger partial charge on any atom is -0.347 e. The van der Waals surface area contributed by atoms with Crippen molar-refractivity contribution >= 4 is 17.5 Å². The number of aromatic amines is 1. The number of nitrogens with zero attached hydrogens (tertiary/aromatic N) is 2. The highest BCUT2D eigenvalue weighted by Crippen LogP contribution is 2.59. The number of Topliss-reactive ketones (excluding diaryl/α,β-unsaturated/α-hetero) is 2. The van der Waals surface area contributed by atoms with Gasteiger partial charge in [-0.2, -0.15) is 0 Å². The molecule has 5 rings (SSSR count). The molecule has 2 aliphatic heterocycles. The SMILES string of the molecule is CCC(=O)CCCCC[C@H](NC(=O)[C@H]1CC12CCN(CC)CC2)c1[nH]c2nc1C(=O)CCCCCCc1cccc-2c1. The van der Waals surface area contributed by atoms with Crippen molar-refractivity contribution < 1.29 is 14.4 Å². The molecule has 1 spiro atoms. The lowest BCUT2D eigenvalue weighted by molar-refractivity contribution is -0.124. The van der Waals surface area contributed by atoms with Gasteiger partial charge in [0.05, 0.1) is 11.7 Å². The minimum absolute atomic E-state index is 0.0530. The molecular weight excluding hydrogens is 524 g/mol. The Morgan fingerprint density at radius 2 is 1.86 bits per heavy atom. The Hall–Kier alpha value is -2.80. The van der Waals surface area contributed by atoms with Crippen LogP contribution in [0.2, 0.25) is 0 Å². The van der Waals surface area contributed by atoms with E-state index in [0.29, 0.717) is 36.6 Å². The van der Waals surface area contributed by atoms with Crippen molar-refractivity contribution in [1.29, 1.82) is 0 Å². The van der Waals surface area contributed by atoms with Crippen LogP contribution in [0, 0.1) is 11.3 Å². The van der Waals surface area contributed by atoms with Gasteiger partial charge < -0.3 is 15.2 Å². The molecule has 42 heavy (non-hydrogen) atoms. The summed E-state index contributed by atoms with van der Waals surface area (Å²) < 4.78 is 0. The lowest BCUT2D eigenvalue weighted by atomic mass is 9.90. The first-order valence-corrected chi connectivity index (χ1v) is 16.7. The average Bonchev–Trinajstić information content (AvgIpc) is 3.51. The van der Waals surface area contributed by atoms with E-state index in [1.54, 1.807) is 0 Å². The second-order valence-electron chi connectivity index (χ2n) is 13.0. The Balaban J connectivity index is 1.38. The van der Waals surface area contributed by atoms with Gasteiger partial charge in [-0.05, 0) is 88.0 Å². The molecule has 2 fully saturated rings. The number of carbonyl (C=O) groups is 3. The number of imidazole rings is 1. The molecule has 2 aromatic rings. The Morgan fingerprint density at radius 1 is 1.07 bits per heavy atom. The van der Waals surface area contributed by atoms with Crippen molar-refractivity contribution in [3.05, 3.63) is 41.2 Å². The van der Waals surface area contributed by atoms with Gasteiger partial charge in [0.15, 0.2) is 5.78 Å². The Kier molecular flexibility index (Phi) is 10.3. The molecule has 1 saturated carbocycles. The van der Waals surface area contributed by atoms with E-state index < -0.39 is 0 Å². The summed E-state index contributed by atoms with van der Waals surface area (Å²) in [5.41, 5.74) is 3.66. The van der Waals surface area contributed by atoms with Gasteiger partial charge in [0.1, 0.15) is 17.3 Å². The highest BCUT2D eigenvalue weighted by atomic mass is 16.2. The van der Waals surface area contributed by atoms with Crippen LogP contribution >= 0.6 is 0 Å². The van der Waals surface area contributed by atoms with Gasteiger partial charge in [-0.25, -0.2) is 4.98 Å². The van der Waals surface area contributed by atoms with Crippen LogP contribution in [0.3, 0.4) is 0 Å². The molecule has 3 heterocycles. The second-order valence-corrected chi connectivity index (χ2v) is 13.0. The number of hydrogen-bond donors (Lipinski definition) is 2. The predicted molar refractivity (Wildman–Crippen MR) is 166 cm³/mol. The number of hydrogen-bond acceptors (Lipinski definition) is 5. The van der Waals surface area contributed by atoms with Crippen LogP contribution in [0.5, 0.6) is 0 Å².